The Bertz CT molecular complexity index is 1280. The third-order valence-electron chi connectivity index (χ3n) is 5.61. The van der Waals surface area contributed by atoms with Gasteiger partial charge in [0.05, 0.1) is 23.8 Å². The largest absolute Gasteiger partial charge is 0.416 e. The molecule has 5 nitrogen and oxygen atoms in total. The van der Waals surface area contributed by atoms with Crippen LogP contribution in [0, 0.1) is 17.6 Å². The van der Waals surface area contributed by atoms with Crippen molar-refractivity contribution < 1.29 is 31.1 Å². The number of amides is 1. The molecule has 1 aromatic carbocycles. The number of benzene rings is 1. The Balaban J connectivity index is 1.66. The average Bonchev–Trinajstić information content (AvgIpc) is 3.10. The molecule has 0 aliphatic carbocycles. The number of carbonyl (C=O) groups excluding carboxylic acids is 1. The molecule has 3 heterocycles. The molecule has 1 atom stereocenters. The van der Waals surface area contributed by atoms with E-state index in [2.05, 4.69) is 15.3 Å². The lowest BCUT2D eigenvalue weighted by atomic mass is 10.0. The van der Waals surface area contributed by atoms with Gasteiger partial charge in [0.1, 0.15) is 17.5 Å². The summed E-state index contributed by atoms with van der Waals surface area (Å²) in [6, 6.07) is 2.88. The molecule has 1 unspecified atom stereocenters. The molecule has 0 fully saturated rings. The molecule has 1 aliphatic heterocycles. The fourth-order valence-electron chi connectivity index (χ4n) is 3.84. The number of aromatic nitrogens is 2. The van der Waals surface area contributed by atoms with E-state index < -0.39 is 46.6 Å². The molecule has 0 radical (unpaired) electrons. The van der Waals surface area contributed by atoms with E-state index >= 15 is 0 Å². The summed E-state index contributed by atoms with van der Waals surface area (Å²) in [6.07, 6.45) is -3.46. The maximum atomic E-state index is 14.9. The first-order chi connectivity index (χ1) is 16.0. The predicted molar refractivity (Wildman–Crippen MR) is 111 cm³/mol. The number of carbonyl (C=O) groups is 1. The van der Waals surface area contributed by atoms with Crippen LogP contribution in [0.5, 0.6) is 0 Å². The number of fused-ring (bicyclic) bond motifs is 1. The zero-order valence-corrected chi connectivity index (χ0v) is 18.0. The Morgan fingerprint density at radius 3 is 2.50 bits per heavy atom. The molecular weight excluding hydrogens is 462 g/mol. The second-order valence-corrected chi connectivity index (χ2v) is 7.79. The summed E-state index contributed by atoms with van der Waals surface area (Å²) in [5, 5.41) is 2.97. The Hall–Kier alpha value is -3.63. The molecule has 34 heavy (non-hydrogen) atoms. The van der Waals surface area contributed by atoms with E-state index in [9.17, 15) is 31.1 Å². The molecule has 0 saturated heterocycles. The standard InChI is InChI=1S/C23H18F6N4O/c1-3-33-10-16-13(22(33)34)4-5-30-21(16)31-11(2)14-8-18(25)15(9-17(14)24)19-6-12(23(27,28)29)7-20(26)32-19/h4-9,11H,3,10H2,1-2H3,(H,30,31). The summed E-state index contributed by atoms with van der Waals surface area (Å²) < 4.78 is 82.4. The average molecular weight is 480 g/mol. The summed E-state index contributed by atoms with van der Waals surface area (Å²) in [4.78, 5) is 21.5. The van der Waals surface area contributed by atoms with Gasteiger partial charge in [-0.1, -0.05) is 0 Å². The Kier molecular flexibility index (Phi) is 5.96. The van der Waals surface area contributed by atoms with Gasteiger partial charge < -0.3 is 10.2 Å². The maximum absolute atomic E-state index is 14.9. The van der Waals surface area contributed by atoms with Gasteiger partial charge in [-0.2, -0.15) is 17.6 Å². The third-order valence-corrected chi connectivity index (χ3v) is 5.61. The molecule has 0 bridgehead atoms. The molecule has 2 aromatic heterocycles. The number of nitrogens with zero attached hydrogens (tertiary/aromatic N) is 3. The first kappa shape index (κ1) is 23.5. The van der Waals surface area contributed by atoms with E-state index in [1.165, 1.54) is 13.1 Å². The van der Waals surface area contributed by atoms with E-state index in [0.29, 0.717) is 42.2 Å². The van der Waals surface area contributed by atoms with E-state index in [4.69, 9.17) is 0 Å². The normalized spacial score (nSPS) is 14.4. The number of anilines is 1. The third kappa shape index (κ3) is 4.29. The number of alkyl halides is 3. The molecule has 11 heteroatoms. The van der Waals surface area contributed by atoms with Crippen LogP contribution in [0.3, 0.4) is 0 Å². The van der Waals surface area contributed by atoms with Crippen LogP contribution in [0.25, 0.3) is 11.3 Å². The summed E-state index contributed by atoms with van der Waals surface area (Å²) in [6.45, 7) is 4.18. The molecule has 178 valence electrons. The SMILES string of the molecule is CCN1Cc2c(ccnc2NC(C)c2cc(F)c(-c3cc(C(F)(F)F)cc(F)n3)cc2F)C1=O. The zero-order chi connectivity index (χ0) is 24.8. The lowest BCUT2D eigenvalue weighted by molar-refractivity contribution is -0.137. The van der Waals surface area contributed by atoms with Gasteiger partial charge in [0, 0.05) is 41.1 Å². The summed E-state index contributed by atoms with van der Waals surface area (Å²) >= 11 is 0. The number of hydrogen-bond donors (Lipinski definition) is 1. The Morgan fingerprint density at radius 1 is 1.09 bits per heavy atom. The number of pyridine rings is 2. The lowest BCUT2D eigenvalue weighted by Gasteiger charge is -2.19. The minimum absolute atomic E-state index is 0.134. The van der Waals surface area contributed by atoms with Gasteiger partial charge in [0.25, 0.3) is 5.91 Å². The molecule has 4 rings (SSSR count). The Morgan fingerprint density at radius 2 is 1.82 bits per heavy atom. The predicted octanol–water partition coefficient (Wildman–Crippen LogP) is 5.73. The van der Waals surface area contributed by atoms with E-state index in [1.807, 2.05) is 6.92 Å². The minimum atomic E-state index is -4.89. The van der Waals surface area contributed by atoms with Gasteiger partial charge in [-0.3, -0.25) is 4.79 Å². The van der Waals surface area contributed by atoms with E-state index in [1.54, 1.807) is 11.0 Å². The van der Waals surface area contributed by atoms with Crippen LogP contribution in [-0.4, -0.2) is 27.3 Å². The van der Waals surface area contributed by atoms with Crippen LogP contribution < -0.4 is 5.32 Å². The molecule has 0 saturated carbocycles. The number of hydrogen-bond acceptors (Lipinski definition) is 4. The van der Waals surface area contributed by atoms with Crippen molar-refractivity contribution in [2.75, 3.05) is 11.9 Å². The molecule has 1 amide bonds. The minimum Gasteiger partial charge on any atom is -0.363 e. The quantitative estimate of drug-likeness (QED) is 0.375. The van der Waals surface area contributed by atoms with Gasteiger partial charge in [-0.05, 0) is 38.1 Å². The van der Waals surface area contributed by atoms with Crippen molar-refractivity contribution in [2.24, 2.45) is 0 Å². The number of halogens is 6. The number of rotatable bonds is 5. The van der Waals surface area contributed by atoms with Gasteiger partial charge in [-0.25, -0.2) is 18.7 Å². The first-order valence-electron chi connectivity index (χ1n) is 10.3. The van der Waals surface area contributed by atoms with Crippen LogP contribution in [0.4, 0.5) is 32.2 Å². The van der Waals surface area contributed by atoms with Crippen molar-refractivity contribution in [3.63, 3.8) is 0 Å². The van der Waals surface area contributed by atoms with Crippen molar-refractivity contribution in [1.29, 1.82) is 0 Å². The fraction of sp³-hybridized carbons (Fsp3) is 0.261. The van der Waals surface area contributed by atoms with Crippen molar-refractivity contribution in [3.8, 4) is 11.3 Å². The smallest absolute Gasteiger partial charge is 0.363 e. The highest BCUT2D eigenvalue weighted by Crippen LogP contribution is 2.35. The van der Waals surface area contributed by atoms with Crippen molar-refractivity contribution >= 4 is 11.7 Å². The van der Waals surface area contributed by atoms with Gasteiger partial charge in [-0.15, -0.1) is 0 Å². The first-order valence-corrected chi connectivity index (χ1v) is 10.3. The van der Waals surface area contributed by atoms with Gasteiger partial charge >= 0.3 is 6.18 Å². The summed E-state index contributed by atoms with van der Waals surface area (Å²) in [5.74, 6) is -3.30. The highest BCUT2D eigenvalue weighted by atomic mass is 19.4. The summed E-state index contributed by atoms with van der Waals surface area (Å²) in [7, 11) is 0. The Labute approximate surface area is 190 Å². The van der Waals surface area contributed by atoms with Crippen LogP contribution >= 0.6 is 0 Å². The van der Waals surface area contributed by atoms with Crippen LogP contribution in [0.1, 0.15) is 46.9 Å². The van der Waals surface area contributed by atoms with E-state index in [-0.39, 0.29) is 17.5 Å². The molecule has 0 spiro atoms. The topological polar surface area (TPSA) is 58.1 Å². The molecule has 1 N–H and O–H groups in total. The zero-order valence-electron chi connectivity index (χ0n) is 18.0. The van der Waals surface area contributed by atoms with Crippen LogP contribution in [0.15, 0.2) is 36.5 Å². The highest BCUT2D eigenvalue weighted by molar-refractivity contribution is 5.99. The van der Waals surface area contributed by atoms with Crippen molar-refractivity contribution in [2.45, 2.75) is 32.6 Å². The van der Waals surface area contributed by atoms with Gasteiger partial charge in [0.15, 0.2) is 0 Å². The lowest BCUT2D eigenvalue weighted by Crippen LogP contribution is -2.22. The second-order valence-electron chi connectivity index (χ2n) is 7.79. The van der Waals surface area contributed by atoms with E-state index in [0.717, 1.165) is 6.07 Å². The number of nitrogens with one attached hydrogen (secondary N) is 1. The monoisotopic (exact) mass is 480 g/mol. The summed E-state index contributed by atoms with van der Waals surface area (Å²) in [5.41, 5.74) is -1.70. The maximum Gasteiger partial charge on any atom is 0.416 e. The fourth-order valence-corrected chi connectivity index (χ4v) is 3.84. The second kappa shape index (κ2) is 8.62. The molecular formula is C23H18F6N4O. The van der Waals surface area contributed by atoms with Gasteiger partial charge in [0.2, 0.25) is 5.95 Å². The van der Waals surface area contributed by atoms with Crippen molar-refractivity contribution in [3.05, 3.63) is 76.4 Å². The van der Waals surface area contributed by atoms with Crippen LogP contribution in [-0.2, 0) is 12.7 Å². The molecule has 3 aromatic rings. The molecule has 1 aliphatic rings. The van der Waals surface area contributed by atoms with Crippen LogP contribution in [0.2, 0.25) is 0 Å². The highest BCUT2D eigenvalue weighted by Gasteiger charge is 2.33. The van der Waals surface area contributed by atoms with Crippen molar-refractivity contribution in [1.82, 2.24) is 14.9 Å².